The summed E-state index contributed by atoms with van der Waals surface area (Å²) in [5, 5.41) is 14.2. The number of hydrogen-bond donors (Lipinski definition) is 1. The van der Waals surface area contributed by atoms with Crippen LogP contribution in [0.3, 0.4) is 0 Å². The molecule has 1 unspecified atom stereocenters. The molecular formula is C27H24FN5O5. The zero-order chi connectivity index (χ0) is 27.1. The van der Waals surface area contributed by atoms with E-state index in [1.165, 1.54) is 23.6 Å². The van der Waals surface area contributed by atoms with Crippen LogP contribution in [0.25, 0.3) is 5.52 Å². The Kier molecular flexibility index (Phi) is 7.94. The van der Waals surface area contributed by atoms with Crippen molar-refractivity contribution in [1.29, 1.82) is 5.26 Å². The third kappa shape index (κ3) is 5.45. The highest BCUT2D eigenvalue weighted by Crippen LogP contribution is 2.31. The number of esters is 2. The fourth-order valence-corrected chi connectivity index (χ4v) is 3.76. The van der Waals surface area contributed by atoms with Crippen LogP contribution in [0.4, 0.5) is 10.2 Å². The molecule has 0 aliphatic heterocycles. The number of benzene rings is 2. The molecule has 2 heterocycles. The van der Waals surface area contributed by atoms with Crippen LogP contribution in [-0.2, 0) is 19.8 Å². The van der Waals surface area contributed by atoms with Gasteiger partial charge in [-0.05, 0) is 43.3 Å². The van der Waals surface area contributed by atoms with Crippen molar-refractivity contribution in [2.75, 3.05) is 19.0 Å². The molecule has 38 heavy (non-hydrogen) atoms. The van der Waals surface area contributed by atoms with Gasteiger partial charge in [-0.1, -0.05) is 36.4 Å². The molecule has 194 valence electrons. The summed E-state index contributed by atoms with van der Waals surface area (Å²) in [5.74, 6) is -1.22. The van der Waals surface area contributed by atoms with Gasteiger partial charge in [-0.15, -0.1) is 0 Å². The molecule has 10 nitrogen and oxygen atoms in total. The smallest absolute Gasteiger partial charge is 0.338 e. The average molecular weight is 518 g/mol. The highest BCUT2D eigenvalue weighted by atomic mass is 19.1. The van der Waals surface area contributed by atoms with Crippen LogP contribution in [-0.4, -0.2) is 52.0 Å². The number of nitrogens with zero attached hydrogens (tertiary/aromatic N) is 4. The lowest BCUT2D eigenvalue weighted by Crippen LogP contribution is -2.44. The summed E-state index contributed by atoms with van der Waals surface area (Å²) in [4.78, 5) is 29.2. The van der Waals surface area contributed by atoms with Crippen molar-refractivity contribution in [1.82, 2.24) is 14.6 Å². The minimum atomic E-state index is -2.20. The zero-order valence-electron chi connectivity index (χ0n) is 20.4. The Morgan fingerprint density at radius 1 is 1.05 bits per heavy atom. The molecule has 0 amide bonds. The normalized spacial score (nSPS) is 14.1. The lowest BCUT2D eigenvalue weighted by Gasteiger charge is -2.32. The second kappa shape index (κ2) is 11.5. The summed E-state index contributed by atoms with van der Waals surface area (Å²) in [6.07, 6.45) is -1.14. The first-order valence-corrected chi connectivity index (χ1v) is 11.6. The number of fused-ring (bicyclic) bond motifs is 1. The fourth-order valence-electron chi connectivity index (χ4n) is 3.76. The molecular weight excluding hydrogens is 493 g/mol. The number of carbonyl (C=O) groups excluding carboxylic acids is 2. The molecule has 2 aromatic heterocycles. The SMILES string of the molecule is C[C@H](OC(=O)c1ccccc1)[C@@H](COC(=O)c1ccccc1)OC(C#N)(CF)c1ccc2c(N)ncnn12. The predicted molar refractivity (Wildman–Crippen MR) is 134 cm³/mol. The monoisotopic (exact) mass is 517 g/mol. The topological polar surface area (TPSA) is 142 Å². The zero-order valence-corrected chi connectivity index (χ0v) is 20.4. The summed E-state index contributed by atoms with van der Waals surface area (Å²) < 4.78 is 32.9. The molecule has 4 rings (SSSR count). The Balaban J connectivity index is 1.64. The Hall–Kier alpha value is -4.82. The van der Waals surface area contributed by atoms with Crippen molar-refractivity contribution in [3.63, 3.8) is 0 Å². The second-order valence-corrected chi connectivity index (χ2v) is 8.33. The average Bonchev–Trinajstić information content (AvgIpc) is 3.40. The summed E-state index contributed by atoms with van der Waals surface area (Å²) in [6.45, 7) is -0.235. The standard InChI is InChI=1S/C27H24FN5O5/c1-18(37-26(35)20-10-6-3-7-11-20)22(14-36-25(34)19-8-4-2-5-9-19)38-27(15-28,16-29)23-13-12-21-24(30)31-17-32-33(21)23/h2-13,17-18,22H,14-15H2,1H3,(H2,30,31,32)/t18-,22+,27?/m0/s1. The van der Waals surface area contributed by atoms with E-state index in [2.05, 4.69) is 10.1 Å². The lowest BCUT2D eigenvalue weighted by molar-refractivity contribution is -0.138. The summed E-state index contributed by atoms with van der Waals surface area (Å²) in [7, 11) is 0. The van der Waals surface area contributed by atoms with E-state index in [1.807, 2.05) is 6.07 Å². The van der Waals surface area contributed by atoms with Crippen molar-refractivity contribution in [2.24, 2.45) is 0 Å². The Labute approximate surface area is 217 Å². The van der Waals surface area contributed by atoms with Crippen molar-refractivity contribution in [3.05, 3.63) is 95.9 Å². The van der Waals surface area contributed by atoms with E-state index in [9.17, 15) is 19.2 Å². The summed E-state index contributed by atoms with van der Waals surface area (Å²) in [6, 6.07) is 21.3. The van der Waals surface area contributed by atoms with Gasteiger partial charge in [-0.3, -0.25) is 0 Å². The van der Waals surface area contributed by atoms with Crippen LogP contribution >= 0.6 is 0 Å². The number of halogens is 1. The third-order valence-corrected chi connectivity index (χ3v) is 5.83. The number of nitrogen functional groups attached to an aromatic ring is 1. The van der Waals surface area contributed by atoms with Crippen LogP contribution in [0.1, 0.15) is 33.3 Å². The van der Waals surface area contributed by atoms with Crippen molar-refractivity contribution < 1.29 is 28.2 Å². The van der Waals surface area contributed by atoms with Crippen LogP contribution in [0.15, 0.2) is 79.1 Å². The van der Waals surface area contributed by atoms with Crippen LogP contribution in [0.2, 0.25) is 0 Å². The third-order valence-electron chi connectivity index (χ3n) is 5.83. The Morgan fingerprint density at radius 3 is 2.29 bits per heavy atom. The molecule has 3 atom stereocenters. The highest BCUT2D eigenvalue weighted by molar-refractivity contribution is 5.90. The van der Waals surface area contributed by atoms with Crippen molar-refractivity contribution >= 4 is 23.3 Å². The van der Waals surface area contributed by atoms with Gasteiger partial charge in [0.1, 0.15) is 43.4 Å². The molecule has 0 spiro atoms. The number of hydrogen-bond acceptors (Lipinski definition) is 9. The van der Waals surface area contributed by atoms with Gasteiger partial charge in [0.2, 0.25) is 5.60 Å². The molecule has 11 heteroatoms. The number of aromatic nitrogens is 3. The van der Waals surface area contributed by atoms with Crippen LogP contribution in [0.5, 0.6) is 0 Å². The number of ether oxygens (including phenoxy) is 3. The van der Waals surface area contributed by atoms with Gasteiger partial charge in [0.25, 0.3) is 0 Å². The van der Waals surface area contributed by atoms with Crippen molar-refractivity contribution in [3.8, 4) is 6.07 Å². The van der Waals surface area contributed by atoms with E-state index in [1.54, 1.807) is 60.7 Å². The number of carbonyl (C=O) groups is 2. The highest BCUT2D eigenvalue weighted by Gasteiger charge is 2.42. The molecule has 0 bridgehead atoms. The quantitative estimate of drug-likeness (QED) is 0.313. The lowest BCUT2D eigenvalue weighted by atomic mass is 10.0. The second-order valence-electron chi connectivity index (χ2n) is 8.33. The van der Waals surface area contributed by atoms with Gasteiger partial charge in [-0.25, -0.2) is 23.5 Å². The van der Waals surface area contributed by atoms with E-state index >= 15 is 0 Å². The van der Waals surface area contributed by atoms with Gasteiger partial charge in [-0.2, -0.15) is 10.4 Å². The predicted octanol–water partition coefficient (Wildman–Crippen LogP) is 3.49. The number of alkyl halides is 1. The molecule has 2 N–H and O–H groups in total. The number of nitrogens with two attached hydrogens (primary N) is 1. The molecule has 2 aromatic carbocycles. The molecule has 0 fully saturated rings. The van der Waals surface area contributed by atoms with E-state index in [0.717, 1.165) is 6.33 Å². The largest absolute Gasteiger partial charge is 0.459 e. The van der Waals surface area contributed by atoms with Gasteiger partial charge in [0.05, 0.1) is 16.8 Å². The molecule has 0 radical (unpaired) electrons. The van der Waals surface area contributed by atoms with Crippen LogP contribution < -0.4 is 5.73 Å². The first kappa shape index (κ1) is 26.2. The first-order valence-electron chi connectivity index (χ1n) is 11.6. The van der Waals surface area contributed by atoms with Crippen LogP contribution in [0, 0.1) is 11.3 Å². The van der Waals surface area contributed by atoms with E-state index < -0.39 is 43.0 Å². The molecule has 4 aromatic rings. The Bertz CT molecular complexity index is 1460. The number of anilines is 1. The minimum Gasteiger partial charge on any atom is -0.459 e. The van der Waals surface area contributed by atoms with E-state index in [4.69, 9.17) is 19.9 Å². The van der Waals surface area contributed by atoms with Gasteiger partial charge < -0.3 is 19.9 Å². The summed E-state index contributed by atoms with van der Waals surface area (Å²) in [5.41, 5.74) is 4.62. The first-order chi connectivity index (χ1) is 18.4. The number of rotatable bonds is 10. The van der Waals surface area contributed by atoms with Crippen molar-refractivity contribution in [2.45, 2.75) is 24.7 Å². The fraction of sp³-hybridized carbons (Fsp3) is 0.222. The van der Waals surface area contributed by atoms with Gasteiger partial charge in [0.15, 0.2) is 5.82 Å². The molecule has 0 saturated carbocycles. The molecule has 0 aliphatic rings. The molecule has 0 aliphatic carbocycles. The maximum absolute atomic E-state index is 14.7. The van der Waals surface area contributed by atoms with E-state index in [-0.39, 0.29) is 22.6 Å². The maximum atomic E-state index is 14.7. The van der Waals surface area contributed by atoms with E-state index in [0.29, 0.717) is 5.52 Å². The van der Waals surface area contributed by atoms with Gasteiger partial charge >= 0.3 is 11.9 Å². The Morgan fingerprint density at radius 2 is 1.68 bits per heavy atom. The maximum Gasteiger partial charge on any atom is 0.338 e. The summed E-state index contributed by atoms with van der Waals surface area (Å²) >= 11 is 0. The minimum absolute atomic E-state index is 0.0348. The molecule has 0 saturated heterocycles. The number of nitriles is 1. The van der Waals surface area contributed by atoms with Gasteiger partial charge in [0, 0.05) is 0 Å².